The van der Waals surface area contributed by atoms with Gasteiger partial charge in [0.2, 0.25) is 0 Å². The van der Waals surface area contributed by atoms with Gasteiger partial charge in [0.05, 0.1) is 23.2 Å². The molecule has 0 aromatic carbocycles. The van der Waals surface area contributed by atoms with Gasteiger partial charge in [-0.1, -0.05) is 12.8 Å². The van der Waals surface area contributed by atoms with Crippen LogP contribution in [0.5, 0.6) is 0 Å². The number of pyridine rings is 1. The summed E-state index contributed by atoms with van der Waals surface area (Å²) in [5.74, 6) is -5.76. The number of ketones is 1. The van der Waals surface area contributed by atoms with Gasteiger partial charge in [0.15, 0.2) is 5.78 Å². The summed E-state index contributed by atoms with van der Waals surface area (Å²) in [6, 6.07) is 3.10. The molecule has 0 saturated heterocycles. The van der Waals surface area contributed by atoms with E-state index in [-0.39, 0.29) is 18.5 Å². The Kier molecular flexibility index (Phi) is 5.40. The third-order valence-electron chi connectivity index (χ3n) is 4.37. The SMILES string of the molecule is N#C[C@H](C(=O)[C@@H]1CCCC[C@@H]1C(F)(F)F)c1ccc(C(F)(F)F)cn1. The molecule has 1 aliphatic rings. The minimum atomic E-state index is -4.64. The first-order chi connectivity index (χ1) is 11.6. The lowest BCUT2D eigenvalue weighted by Gasteiger charge is -2.32. The highest BCUT2D eigenvalue weighted by Gasteiger charge is 2.49. The highest BCUT2D eigenvalue weighted by atomic mass is 19.4. The largest absolute Gasteiger partial charge is 0.417 e. The van der Waals surface area contributed by atoms with Crippen molar-refractivity contribution in [2.24, 2.45) is 11.8 Å². The number of carbonyl (C=O) groups is 1. The van der Waals surface area contributed by atoms with Crippen LogP contribution >= 0.6 is 0 Å². The van der Waals surface area contributed by atoms with E-state index in [4.69, 9.17) is 0 Å². The van der Waals surface area contributed by atoms with Gasteiger partial charge < -0.3 is 0 Å². The Hall–Kier alpha value is -2.11. The van der Waals surface area contributed by atoms with Crippen LogP contribution < -0.4 is 0 Å². The average Bonchev–Trinajstić information content (AvgIpc) is 2.54. The van der Waals surface area contributed by atoms with Gasteiger partial charge in [0.1, 0.15) is 5.92 Å². The number of nitriles is 1. The fraction of sp³-hybridized carbons (Fsp3) is 0.562. The maximum absolute atomic E-state index is 13.1. The van der Waals surface area contributed by atoms with Crippen molar-refractivity contribution in [2.45, 2.75) is 44.0 Å². The van der Waals surface area contributed by atoms with Gasteiger partial charge in [0.25, 0.3) is 0 Å². The zero-order valence-corrected chi connectivity index (χ0v) is 12.9. The average molecular weight is 364 g/mol. The normalized spacial score (nSPS) is 22.9. The van der Waals surface area contributed by atoms with Crippen molar-refractivity contribution in [1.29, 1.82) is 5.26 Å². The maximum atomic E-state index is 13.1. The van der Waals surface area contributed by atoms with E-state index >= 15 is 0 Å². The molecule has 3 atom stereocenters. The van der Waals surface area contributed by atoms with Crippen LogP contribution in [0.25, 0.3) is 0 Å². The number of aromatic nitrogens is 1. The number of alkyl halides is 6. The fourth-order valence-corrected chi connectivity index (χ4v) is 3.10. The topological polar surface area (TPSA) is 53.8 Å². The monoisotopic (exact) mass is 364 g/mol. The molecule has 1 aromatic rings. The van der Waals surface area contributed by atoms with Crippen molar-refractivity contribution in [3.8, 4) is 6.07 Å². The van der Waals surface area contributed by atoms with E-state index in [9.17, 15) is 36.4 Å². The zero-order valence-electron chi connectivity index (χ0n) is 12.9. The van der Waals surface area contributed by atoms with Crippen molar-refractivity contribution < 1.29 is 31.1 Å². The number of halogens is 6. The van der Waals surface area contributed by atoms with Crippen LogP contribution in [0, 0.1) is 23.2 Å². The van der Waals surface area contributed by atoms with Crippen molar-refractivity contribution in [2.75, 3.05) is 0 Å². The Morgan fingerprint density at radius 1 is 1.16 bits per heavy atom. The maximum Gasteiger partial charge on any atom is 0.417 e. The van der Waals surface area contributed by atoms with E-state index in [1.807, 2.05) is 0 Å². The Balaban J connectivity index is 2.27. The number of hydrogen-bond donors (Lipinski definition) is 0. The Labute approximate surface area is 139 Å². The predicted molar refractivity (Wildman–Crippen MR) is 74.1 cm³/mol. The number of hydrogen-bond acceptors (Lipinski definition) is 3. The molecule has 1 saturated carbocycles. The van der Waals surface area contributed by atoms with E-state index in [1.165, 1.54) is 0 Å². The molecular weight excluding hydrogens is 350 g/mol. The van der Waals surface area contributed by atoms with Gasteiger partial charge in [-0.05, 0) is 25.0 Å². The number of rotatable bonds is 3. The van der Waals surface area contributed by atoms with Gasteiger partial charge >= 0.3 is 12.4 Å². The van der Waals surface area contributed by atoms with Crippen LogP contribution in [-0.4, -0.2) is 16.9 Å². The minimum Gasteiger partial charge on any atom is -0.297 e. The first-order valence-electron chi connectivity index (χ1n) is 7.59. The van der Waals surface area contributed by atoms with Crippen LogP contribution in [0.3, 0.4) is 0 Å². The third-order valence-corrected chi connectivity index (χ3v) is 4.37. The minimum absolute atomic E-state index is 0.00181. The molecule has 1 fully saturated rings. The lowest BCUT2D eigenvalue weighted by Crippen LogP contribution is -2.39. The second-order valence-electron chi connectivity index (χ2n) is 5.97. The zero-order chi connectivity index (χ0) is 18.8. The van der Waals surface area contributed by atoms with Crippen LogP contribution in [0.15, 0.2) is 18.3 Å². The number of Topliss-reactive ketones (excluding diaryl/α,β-unsaturated/α-hetero) is 1. The number of carbonyl (C=O) groups excluding carboxylic acids is 1. The van der Waals surface area contributed by atoms with Gasteiger partial charge in [-0.3, -0.25) is 9.78 Å². The summed E-state index contributed by atoms with van der Waals surface area (Å²) in [5, 5.41) is 9.18. The van der Waals surface area contributed by atoms with E-state index in [0.717, 1.165) is 6.07 Å². The summed E-state index contributed by atoms with van der Waals surface area (Å²) in [5.41, 5.74) is -1.33. The van der Waals surface area contributed by atoms with Crippen LogP contribution in [0.1, 0.15) is 42.9 Å². The predicted octanol–water partition coefficient (Wildman–Crippen LogP) is 4.65. The molecular formula is C16H14F6N2O. The standard InChI is InChI=1S/C16H14F6N2O/c17-15(18,19)9-5-6-13(24-8-9)11(7-23)14(25)10-3-1-2-4-12(10)16(20,21)22/h5-6,8,10-12H,1-4H2/t10-,11+,12+/m1/s1. The van der Waals surface area contributed by atoms with Crippen LogP contribution in [0.2, 0.25) is 0 Å². The summed E-state index contributed by atoms with van der Waals surface area (Å²) >= 11 is 0. The molecule has 0 spiro atoms. The summed E-state index contributed by atoms with van der Waals surface area (Å²) in [6.07, 6.45) is -8.16. The summed E-state index contributed by atoms with van der Waals surface area (Å²) in [6.45, 7) is 0. The van der Waals surface area contributed by atoms with Gasteiger partial charge in [-0.25, -0.2) is 0 Å². The quantitative estimate of drug-likeness (QED) is 0.734. The molecule has 3 nitrogen and oxygen atoms in total. The molecule has 0 bridgehead atoms. The molecule has 0 N–H and O–H groups in total. The summed E-state index contributed by atoms with van der Waals surface area (Å²) in [7, 11) is 0. The molecule has 1 aliphatic carbocycles. The van der Waals surface area contributed by atoms with Crippen molar-refractivity contribution in [1.82, 2.24) is 4.98 Å². The lowest BCUT2D eigenvalue weighted by atomic mass is 9.73. The second kappa shape index (κ2) is 7.02. The van der Waals surface area contributed by atoms with E-state index in [2.05, 4.69) is 4.98 Å². The van der Waals surface area contributed by atoms with Gasteiger partial charge in [-0.15, -0.1) is 0 Å². The molecule has 0 amide bonds. The first-order valence-corrected chi connectivity index (χ1v) is 7.59. The van der Waals surface area contributed by atoms with Crippen LogP contribution in [0.4, 0.5) is 26.3 Å². The fourth-order valence-electron chi connectivity index (χ4n) is 3.10. The lowest BCUT2D eigenvalue weighted by molar-refractivity contribution is -0.197. The molecule has 2 rings (SSSR count). The molecule has 136 valence electrons. The Bertz CT molecular complexity index is 659. The van der Waals surface area contributed by atoms with E-state index < -0.39 is 41.5 Å². The van der Waals surface area contributed by atoms with Gasteiger partial charge in [-0.2, -0.15) is 31.6 Å². The molecule has 1 heterocycles. The van der Waals surface area contributed by atoms with Crippen LogP contribution in [-0.2, 0) is 11.0 Å². The Morgan fingerprint density at radius 3 is 2.28 bits per heavy atom. The third kappa shape index (κ3) is 4.30. The highest BCUT2D eigenvalue weighted by molar-refractivity contribution is 5.90. The summed E-state index contributed by atoms with van der Waals surface area (Å²) in [4.78, 5) is 16.0. The smallest absolute Gasteiger partial charge is 0.297 e. The van der Waals surface area contributed by atoms with E-state index in [0.29, 0.717) is 25.1 Å². The van der Waals surface area contributed by atoms with Crippen molar-refractivity contribution in [3.63, 3.8) is 0 Å². The molecule has 0 unspecified atom stereocenters. The van der Waals surface area contributed by atoms with Gasteiger partial charge in [0, 0.05) is 12.1 Å². The molecule has 0 radical (unpaired) electrons. The number of nitrogens with zero attached hydrogens (tertiary/aromatic N) is 2. The highest BCUT2D eigenvalue weighted by Crippen LogP contribution is 2.43. The van der Waals surface area contributed by atoms with E-state index in [1.54, 1.807) is 6.07 Å². The molecule has 0 aliphatic heterocycles. The first kappa shape index (κ1) is 19.2. The van der Waals surface area contributed by atoms with Crippen molar-refractivity contribution >= 4 is 5.78 Å². The second-order valence-corrected chi connectivity index (χ2v) is 5.97. The Morgan fingerprint density at radius 2 is 1.80 bits per heavy atom. The molecule has 9 heteroatoms. The summed E-state index contributed by atoms with van der Waals surface area (Å²) < 4.78 is 77.0. The molecule has 1 aromatic heterocycles. The van der Waals surface area contributed by atoms with Crippen molar-refractivity contribution in [3.05, 3.63) is 29.6 Å². The molecule has 25 heavy (non-hydrogen) atoms.